The van der Waals surface area contributed by atoms with Gasteiger partial charge in [-0.3, -0.25) is 47.9 Å². The van der Waals surface area contributed by atoms with Gasteiger partial charge in [-0.05, 0) is 123 Å². The molecule has 0 aliphatic carbocycles. The van der Waals surface area contributed by atoms with E-state index >= 15 is 0 Å². The highest BCUT2D eigenvalue weighted by atomic mass is 35.5. The van der Waals surface area contributed by atoms with E-state index in [2.05, 4.69) is 47.3 Å². The number of aliphatic hydroxyl groups is 1. The van der Waals surface area contributed by atoms with Gasteiger partial charge in [-0.1, -0.05) is 93.7 Å². The summed E-state index contributed by atoms with van der Waals surface area (Å²) in [4.78, 5) is 127. The Morgan fingerprint density at radius 2 is 1.16 bits per heavy atom. The van der Waals surface area contributed by atoms with Gasteiger partial charge in [-0.25, -0.2) is 0 Å². The fraction of sp³-hybridized carbons (Fsp3) is 0.400. The van der Waals surface area contributed by atoms with Crippen molar-refractivity contribution in [3.05, 3.63) is 130 Å². The fourth-order valence-corrected chi connectivity index (χ4v) is 11.3. The van der Waals surface area contributed by atoms with Crippen LogP contribution in [0.2, 0.25) is 5.02 Å². The Balaban J connectivity index is 1.60. The largest absolute Gasteiger partial charge is 0.508 e. The van der Waals surface area contributed by atoms with Gasteiger partial charge in [-0.2, -0.15) is 0 Å². The van der Waals surface area contributed by atoms with Crippen molar-refractivity contribution >= 4 is 98.3 Å². The third kappa shape index (κ3) is 21.4. The number of unbranched alkanes of at least 4 members (excludes halogenated alkanes) is 1. The molecule has 0 bridgehead atoms. The van der Waals surface area contributed by atoms with Gasteiger partial charge in [0.2, 0.25) is 53.2 Å². The van der Waals surface area contributed by atoms with Gasteiger partial charge in [0.05, 0.1) is 12.1 Å². The average Bonchev–Trinajstić information content (AvgIpc) is 3.57. The molecular weight excluding hydrogens is 1140 g/mol. The minimum Gasteiger partial charge on any atom is -0.508 e. The zero-order chi connectivity index (χ0) is 59.9. The van der Waals surface area contributed by atoms with Crippen LogP contribution in [0.15, 0.2) is 97.1 Å². The Labute approximate surface area is 492 Å². The van der Waals surface area contributed by atoms with Crippen LogP contribution in [0.1, 0.15) is 58.8 Å². The second-order valence-corrected chi connectivity index (χ2v) is 23.0. The molecule has 4 aromatic rings. The number of nitrogens with one attached hydrogen (secondary N) is 9. The molecule has 5 rings (SSSR count). The van der Waals surface area contributed by atoms with Crippen molar-refractivity contribution in [2.75, 3.05) is 31.4 Å². The summed E-state index contributed by atoms with van der Waals surface area (Å²) in [6, 6.07) is 13.0. The average molecular weight is 1210 g/mol. The first kappa shape index (κ1) is 65.7. The Kier molecular flexibility index (Phi) is 26.6. The maximum Gasteiger partial charge on any atom is 0.248 e. The van der Waals surface area contributed by atoms with E-state index in [9.17, 15) is 58.5 Å². The number of aliphatic hydroxyl groups excluding tert-OH is 1. The Bertz CT molecular complexity index is 2820. The molecule has 23 nitrogen and oxygen atoms in total. The van der Waals surface area contributed by atoms with Crippen LogP contribution in [0.3, 0.4) is 0 Å². The number of amides is 9. The van der Waals surface area contributed by atoms with Crippen molar-refractivity contribution in [1.29, 1.82) is 0 Å². The molecule has 9 atom stereocenters. The molecule has 1 fully saturated rings. The molecule has 16 N–H and O–H groups in total. The second-order valence-electron chi connectivity index (χ2n) is 19.4. The van der Waals surface area contributed by atoms with E-state index in [1.807, 2.05) is 0 Å². The second kappa shape index (κ2) is 33.1. The number of carbonyl (C=O) groups excluding carboxylic acids is 9. The van der Waals surface area contributed by atoms with Crippen molar-refractivity contribution in [2.24, 2.45) is 11.5 Å². The SMILES string of the molecule is CNCCCC[C@@H]1NC(=O)[C@@H](Cc2ccc(C(N)=O)cc2)NC(=O)[C@H](Cc2ccc(O)cc2)NC(=O)[C@H](NC(=O)[C@H](Cc2ccc(Cl)cc2)NSC)CSSC[C@@H](C(=O)N[C@H](Cc2ccc(O)cc2)C(N)=O)NC(=O)[C@H]([C@@H](C)O)NC1=O. The lowest BCUT2D eigenvalue weighted by molar-refractivity contribution is -0.136. The van der Waals surface area contributed by atoms with E-state index in [0.29, 0.717) is 41.1 Å². The Hall–Kier alpha value is -7.07. The molecule has 9 amide bonds. The summed E-state index contributed by atoms with van der Waals surface area (Å²) in [6.07, 6.45) is 0.588. The highest BCUT2D eigenvalue weighted by Gasteiger charge is 2.37. The molecule has 1 aliphatic heterocycles. The van der Waals surface area contributed by atoms with Crippen LogP contribution in [0.5, 0.6) is 11.5 Å². The molecule has 0 radical (unpaired) electrons. The van der Waals surface area contributed by atoms with Crippen LogP contribution in [0, 0.1) is 0 Å². The normalized spacial score (nSPS) is 20.7. The lowest BCUT2D eigenvalue weighted by Crippen LogP contribution is -2.62. The van der Waals surface area contributed by atoms with Crippen molar-refractivity contribution < 1.29 is 58.5 Å². The molecule has 0 spiro atoms. The van der Waals surface area contributed by atoms with Gasteiger partial charge < -0.3 is 69.3 Å². The maximum absolute atomic E-state index is 14.9. The van der Waals surface area contributed by atoms with E-state index in [4.69, 9.17) is 23.1 Å². The number of aromatic hydroxyl groups is 2. The number of nitrogens with two attached hydrogens (primary N) is 2. The predicted octanol–water partition coefficient (Wildman–Crippen LogP) is 0.401. The first-order valence-corrected chi connectivity index (χ1v) is 30.2. The molecule has 0 aromatic heterocycles. The lowest BCUT2D eigenvalue weighted by Gasteiger charge is -2.29. The molecule has 1 aliphatic rings. The van der Waals surface area contributed by atoms with Gasteiger partial charge in [0.15, 0.2) is 0 Å². The van der Waals surface area contributed by atoms with Gasteiger partial charge in [0.25, 0.3) is 0 Å². The molecule has 0 unspecified atom stereocenters. The first-order chi connectivity index (χ1) is 39.1. The summed E-state index contributed by atoms with van der Waals surface area (Å²) >= 11 is 7.30. The molecule has 0 saturated carbocycles. The Morgan fingerprint density at radius 1 is 0.659 bits per heavy atom. The van der Waals surface area contributed by atoms with Crippen molar-refractivity contribution in [2.45, 2.75) is 106 Å². The topological polar surface area (TPSA) is 375 Å². The summed E-state index contributed by atoms with van der Waals surface area (Å²) < 4.78 is 3.06. The van der Waals surface area contributed by atoms with Gasteiger partial charge in [-0.15, -0.1) is 0 Å². The third-order valence-corrected chi connectivity index (χ3v) is 16.2. The fourth-order valence-electron chi connectivity index (χ4n) is 8.40. The molecule has 27 heteroatoms. The number of primary amides is 2. The third-order valence-electron chi connectivity index (χ3n) is 13.0. The van der Waals surface area contributed by atoms with E-state index in [-0.39, 0.29) is 60.7 Å². The smallest absolute Gasteiger partial charge is 0.248 e. The predicted molar refractivity (Wildman–Crippen MR) is 315 cm³/mol. The van der Waals surface area contributed by atoms with Crippen LogP contribution in [-0.4, -0.2) is 154 Å². The van der Waals surface area contributed by atoms with Gasteiger partial charge in [0.1, 0.15) is 53.8 Å². The summed E-state index contributed by atoms with van der Waals surface area (Å²) in [6.45, 7) is 1.76. The molecule has 1 heterocycles. The minimum atomic E-state index is -1.74. The van der Waals surface area contributed by atoms with Crippen LogP contribution >= 0.6 is 45.1 Å². The number of phenols is 2. The number of hydrogen-bond donors (Lipinski definition) is 14. The molecule has 4 aromatic carbocycles. The van der Waals surface area contributed by atoms with E-state index < -0.39 is 108 Å². The van der Waals surface area contributed by atoms with Crippen LogP contribution in [0.25, 0.3) is 0 Å². The maximum atomic E-state index is 14.9. The number of halogens is 1. The quantitative estimate of drug-likeness (QED) is 0.0288. The number of phenolic OH excluding ortho intramolecular Hbond substituents is 2. The molecule has 82 heavy (non-hydrogen) atoms. The summed E-state index contributed by atoms with van der Waals surface area (Å²) in [7, 11) is 3.69. The zero-order valence-corrected chi connectivity index (χ0v) is 48.5. The van der Waals surface area contributed by atoms with Crippen molar-refractivity contribution in [1.82, 2.24) is 47.3 Å². The Morgan fingerprint density at radius 3 is 1.70 bits per heavy atom. The molecule has 1 saturated heterocycles. The van der Waals surface area contributed by atoms with Crippen LogP contribution < -0.4 is 58.7 Å². The number of benzene rings is 4. The number of carbonyl (C=O) groups is 9. The highest BCUT2D eigenvalue weighted by Crippen LogP contribution is 2.25. The van der Waals surface area contributed by atoms with E-state index in [1.54, 1.807) is 37.6 Å². The minimum absolute atomic E-state index is 0.00449. The van der Waals surface area contributed by atoms with Crippen molar-refractivity contribution in [3.8, 4) is 11.5 Å². The van der Waals surface area contributed by atoms with E-state index in [0.717, 1.165) is 39.1 Å². The molecular formula is C55H70ClN11O12S3. The van der Waals surface area contributed by atoms with E-state index in [1.165, 1.54) is 79.7 Å². The van der Waals surface area contributed by atoms with Crippen molar-refractivity contribution in [3.63, 3.8) is 0 Å². The zero-order valence-electron chi connectivity index (χ0n) is 45.3. The number of hydrogen-bond acceptors (Lipinski definition) is 17. The standard InChI is InChI=1S/C55H70ClN11O12S3/c1-30(68)46-55(79)65-45(53(77)61-40(48(58)72)24-33-11-19-37(69)20-12-33)29-82-81-28-44(64-52(76)43(67-80-3)27-32-9-17-36(56)18-10-32)54(78)63-42(26-34-13-21-38(70)22-14-34)51(75)62-41(25-31-7-15-35(16-8-31)47(57)71)50(74)60-39(49(73)66-46)6-4-5-23-59-2/h7-22,30,39-46,59,67-70H,4-6,23-29H2,1-3H3,(H2,57,71)(H2,58,72)(H,60,74)(H,61,77)(H,62,75)(H,63,78)(H,64,76)(H,65,79)(H,66,73)/t30-,39+,40-,41-,42+,43+,44-,45+,46+/m1/s1. The summed E-state index contributed by atoms with van der Waals surface area (Å²) in [5, 5.41) is 53.3. The highest BCUT2D eigenvalue weighted by molar-refractivity contribution is 8.76. The summed E-state index contributed by atoms with van der Waals surface area (Å²) in [5.41, 5.74) is 13.6. The van der Waals surface area contributed by atoms with Crippen LogP contribution in [0.4, 0.5) is 0 Å². The summed E-state index contributed by atoms with van der Waals surface area (Å²) in [5.74, 6) is -8.40. The monoisotopic (exact) mass is 1210 g/mol. The first-order valence-electron chi connectivity index (χ1n) is 26.1. The van der Waals surface area contributed by atoms with Crippen LogP contribution in [-0.2, 0) is 64.0 Å². The molecule has 442 valence electrons. The van der Waals surface area contributed by atoms with Gasteiger partial charge >= 0.3 is 0 Å². The lowest BCUT2D eigenvalue weighted by atomic mass is 10.00. The van der Waals surface area contributed by atoms with Gasteiger partial charge in [0, 0.05) is 41.4 Å². The number of rotatable bonds is 22.